The Labute approximate surface area is 216 Å². The number of aliphatic hydroxyl groups excluding tert-OH is 1. The highest BCUT2D eigenvalue weighted by Gasteiger charge is 2.75. The van der Waals surface area contributed by atoms with Crippen molar-refractivity contribution in [3.63, 3.8) is 0 Å². The minimum Gasteiger partial charge on any atom is -0.466 e. The maximum atomic E-state index is 14.1. The number of rotatable bonds is 8. The SMILES string of the molecule is CCOC(=O)[C@@H]1[C@H]2C(=O)N([C@@H](CO)Cc3ccccc3)C(C(=O)Nc3c(C)cccc3C)C23CC[C@H]1O3. The maximum absolute atomic E-state index is 14.1. The van der Waals surface area contributed by atoms with Gasteiger partial charge in [0, 0.05) is 5.69 Å². The molecule has 2 amide bonds. The van der Waals surface area contributed by atoms with E-state index < -0.39 is 41.6 Å². The minimum absolute atomic E-state index is 0.198. The highest BCUT2D eigenvalue weighted by Crippen LogP contribution is 2.59. The molecule has 0 aliphatic carbocycles. The second-order valence-electron chi connectivity index (χ2n) is 10.3. The first kappa shape index (κ1) is 25.4. The number of anilines is 1. The third-order valence-electron chi connectivity index (χ3n) is 8.19. The van der Waals surface area contributed by atoms with Crippen LogP contribution in [-0.4, -0.2) is 64.8 Å². The summed E-state index contributed by atoms with van der Waals surface area (Å²) in [6, 6.07) is 13.7. The Hall–Kier alpha value is -3.23. The molecule has 2 aromatic carbocycles. The Morgan fingerprint density at radius 2 is 1.86 bits per heavy atom. The highest BCUT2D eigenvalue weighted by molar-refractivity contribution is 6.04. The molecular weight excluding hydrogens is 472 g/mol. The van der Waals surface area contributed by atoms with Gasteiger partial charge in [0.15, 0.2) is 0 Å². The fraction of sp³-hybridized carbons (Fsp3) is 0.483. The first-order valence-electron chi connectivity index (χ1n) is 13.0. The maximum Gasteiger partial charge on any atom is 0.312 e. The van der Waals surface area contributed by atoms with Crippen LogP contribution in [0.15, 0.2) is 48.5 Å². The molecule has 3 aliphatic rings. The lowest BCUT2D eigenvalue weighted by atomic mass is 9.70. The predicted molar refractivity (Wildman–Crippen MR) is 137 cm³/mol. The molecule has 5 rings (SSSR count). The first-order valence-corrected chi connectivity index (χ1v) is 13.0. The molecule has 0 saturated carbocycles. The summed E-state index contributed by atoms with van der Waals surface area (Å²) in [5.41, 5.74) is 2.29. The number of likely N-dealkylation sites (tertiary alicyclic amines) is 1. The zero-order valence-electron chi connectivity index (χ0n) is 21.5. The molecule has 2 N–H and O–H groups in total. The standard InChI is InChI=1S/C29H34N2O6/c1-4-36-28(35)22-21-13-14-29(37-21)23(22)27(34)31(20(16-32)15-19-11-6-5-7-12-19)25(29)26(33)30-24-17(2)9-8-10-18(24)3/h5-12,20-23,25,32H,4,13-16H2,1-3H3,(H,30,33)/t20-,21-,22+,23+,25?,29?/m1/s1. The number of benzene rings is 2. The van der Waals surface area contributed by atoms with E-state index in [0.29, 0.717) is 24.9 Å². The number of amides is 2. The van der Waals surface area contributed by atoms with Crippen molar-refractivity contribution in [3.05, 3.63) is 65.2 Å². The van der Waals surface area contributed by atoms with Crippen LogP contribution in [-0.2, 0) is 30.3 Å². The largest absolute Gasteiger partial charge is 0.466 e. The zero-order valence-corrected chi connectivity index (χ0v) is 21.5. The number of carbonyl (C=O) groups excluding carboxylic acids is 3. The predicted octanol–water partition coefficient (Wildman–Crippen LogP) is 2.78. The van der Waals surface area contributed by atoms with Crippen LogP contribution in [0.4, 0.5) is 5.69 Å². The van der Waals surface area contributed by atoms with Crippen molar-refractivity contribution in [1.29, 1.82) is 0 Å². The molecular formula is C29H34N2O6. The average molecular weight is 507 g/mol. The molecule has 3 saturated heterocycles. The van der Waals surface area contributed by atoms with Crippen LogP contribution in [0, 0.1) is 25.7 Å². The molecule has 8 nitrogen and oxygen atoms in total. The lowest BCUT2D eigenvalue weighted by molar-refractivity contribution is -0.155. The molecule has 37 heavy (non-hydrogen) atoms. The van der Waals surface area contributed by atoms with Crippen LogP contribution in [0.25, 0.3) is 0 Å². The van der Waals surface area contributed by atoms with Gasteiger partial charge in [0.2, 0.25) is 11.8 Å². The van der Waals surface area contributed by atoms with Gasteiger partial charge in [-0.25, -0.2) is 0 Å². The number of nitrogens with zero attached hydrogens (tertiary/aromatic N) is 1. The van der Waals surface area contributed by atoms with E-state index in [-0.39, 0.29) is 25.0 Å². The molecule has 8 heteroatoms. The van der Waals surface area contributed by atoms with Gasteiger partial charge >= 0.3 is 5.97 Å². The molecule has 196 valence electrons. The fourth-order valence-electron chi connectivity index (χ4n) is 6.63. The molecule has 1 spiro atoms. The summed E-state index contributed by atoms with van der Waals surface area (Å²) in [6.45, 7) is 5.43. The number of fused-ring (bicyclic) bond motifs is 1. The Bertz CT molecular complexity index is 1180. The number of para-hydroxylation sites is 1. The Morgan fingerprint density at radius 1 is 1.16 bits per heavy atom. The Kier molecular flexibility index (Phi) is 6.81. The van der Waals surface area contributed by atoms with Crippen LogP contribution >= 0.6 is 0 Å². The monoisotopic (exact) mass is 506 g/mol. The van der Waals surface area contributed by atoms with E-state index in [1.807, 2.05) is 62.4 Å². The van der Waals surface area contributed by atoms with Gasteiger partial charge in [0.1, 0.15) is 11.6 Å². The molecule has 0 aromatic heterocycles. The fourth-order valence-corrected chi connectivity index (χ4v) is 6.63. The van der Waals surface area contributed by atoms with Crippen LogP contribution in [0.2, 0.25) is 0 Å². The van der Waals surface area contributed by atoms with Gasteiger partial charge < -0.3 is 24.8 Å². The molecule has 0 radical (unpaired) electrons. The molecule has 3 fully saturated rings. The van der Waals surface area contributed by atoms with Crippen molar-refractivity contribution in [2.24, 2.45) is 11.8 Å². The van der Waals surface area contributed by atoms with Crippen molar-refractivity contribution < 1.29 is 29.0 Å². The summed E-state index contributed by atoms with van der Waals surface area (Å²) in [7, 11) is 0. The van der Waals surface area contributed by atoms with Crippen molar-refractivity contribution in [3.8, 4) is 0 Å². The summed E-state index contributed by atoms with van der Waals surface area (Å²) < 4.78 is 11.8. The number of nitrogens with one attached hydrogen (secondary N) is 1. The van der Waals surface area contributed by atoms with Gasteiger partial charge in [0.05, 0.1) is 37.2 Å². The van der Waals surface area contributed by atoms with E-state index in [9.17, 15) is 19.5 Å². The first-order chi connectivity index (χ1) is 17.8. The number of ether oxygens (including phenoxy) is 2. The lowest BCUT2D eigenvalue weighted by Crippen LogP contribution is -2.56. The minimum atomic E-state index is -1.15. The number of aryl methyl sites for hydroxylation is 2. The van der Waals surface area contributed by atoms with Gasteiger partial charge in [-0.3, -0.25) is 14.4 Å². The van der Waals surface area contributed by atoms with E-state index in [4.69, 9.17) is 9.47 Å². The third kappa shape index (κ3) is 4.12. The number of esters is 1. The van der Waals surface area contributed by atoms with Crippen molar-refractivity contribution >= 4 is 23.5 Å². The van der Waals surface area contributed by atoms with E-state index >= 15 is 0 Å². The van der Waals surface area contributed by atoms with E-state index in [2.05, 4.69) is 5.32 Å². The molecule has 2 unspecified atom stereocenters. The van der Waals surface area contributed by atoms with Gasteiger partial charge in [-0.1, -0.05) is 48.5 Å². The quantitative estimate of drug-likeness (QED) is 0.534. The lowest BCUT2D eigenvalue weighted by Gasteiger charge is -2.37. The molecule has 3 aliphatic heterocycles. The topological polar surface area (TPSA) is 105 Å². The second kappa shape index (κ2) is 9.91. The molecule has 2 aromatic rings. The van der Waals surface area contributed by atoms with Crippen molar-refractivity contribution in [1.82, 2.24) is 4.90 Å². The van der Waals surface area contributed by atoms with Crippen molar-refractivity contribution in [2.45, 2.75) is 63.8 Å². The van der Waals surface area contributed by atoms with E-state index in [1.54, 1.807) is 6.92 Å². The smallest absolute Gasteiger partial charge is 0.312 e. The number of carbonyl (C=O) groups is 3. The summed E-state index contributed by atoms with van der Waals surface area (Å²) in [5, 5.41) is 13.5. The third-order valence-corrected chi connectivity index (χ3v) is 8.19. The molecule has 2 bridgehead atoms. The Morgan fingerprint density at radius 3 is 2.51 bits per heavy atom. The summed E-state index contributed by atoms with van der Waals surface area (Å²) >= 11 is 0. The summed E-state index contributed by atoms with van der Waals surface area (Å²) in [6.07, 6.45) is 0.949. The van der Waals surface area contributed by atoms with Crippen LogP contribution in [0.3, 0.4) is 0 Å². The number of hydrogen-bond acceptors (Lipinski definition) is 6. The average Bonchev–Trinajstić information content (AvgIpc) is 3.53. The highest BCUT2D eigenvalue weighted by atomic mass is 16.6. The van der Waals surface area contributed by atoms with Gasteiger partial charge in [-0.2, -0.15) is 0 Å². The molecule has 3 heterocycles. The second-order valence-corrected chi connectivity index (χ2v) is 10.3. The molecule has 6 atom stereocenters. The normalized spacial score (nSPS) is 28.8. The number of hydrogen-bond donors (Lipinski definition) is 2. The Balaban J connectivity index is 1.56. The van der Waals surface area contributed by atoms with Crippen LogP contribution in [0.5, 0.6) is 0 Å². The van der Waals surface area contributed by atoms with Gasteiger partial charge in [-0.05, 0) is 56.7 Å². The van der Waals surface area contributed by atoms with Gasteiger partial charge in [-0.15, -0.1) is 0 Å². The van der Waals surface area contributed by atoms with Crippen LogP contribution in [0.1, 0.15) is 36.5 Å². The van der Waals surface area contributed by atoms with Crippen LogP contribution < -0.4 is 5.32 Å². The zero-order chi connectivity index (χ0) is 26.3. The summed E-state index contributed by atoms with van der Waals surface area (Å²) in [5.74, 6) is -2.77. The number of aliphatic hydroxyl groups is 1. The van der Waals surface area contributed by atoms with Gasteiger partial charge in [0.25, 0.3) is 0 Å². The van der Waals surface area contributed by atoms with E-state index in [0.717, 1.165) is 16.7 Å². The van der Waals surface area contributed by atoms with Crippen molar-refractivity contribution in [2.75, 3.05) is 18.5 Å². The van der Waals surface area contributed by atoms with E-state index in [1.165, 1.54) is 4.90 Å². The summed E-state index contributed by atoms with van der Waals surface area (Å²) in [4.78, 5) is 42.7.